The number of carbonyl (C=O) groups is 1. The van der Waals surface area contributed by atoms with Gasteiger partial charge in [0.2, 0.25) is 0 Å². The van der Waals surface area contributed by atoms with Crippen LogP contribution in [0.5, 0.6) is 5.75 Å². The minimum Gasteiger partial charge on any atom is -0.508 e. The van der Waals surface area contributed by atoms with Crippen LogP contribution in [-0.4, -0.2) is 83.2 Å². The molecule has 1 amide bonds. The predicted molar refractivity (Wildman–Crippen MR) is 115 cm³/mol. The van der Waals surface area contributed by atoms with E-state index in [9.17, 15) is 9.90 Å². The van der Waals surface area contributed by atoms with Gasteiger partial charge >= 0.3 is 0 Å². The first-order valence-corrected chi connectivity index (χ1v) is 10.8. The molecule has 0 aliphatic carbocycles. The molecule has 3 heterocycles. The van der Waals surface area contributed by atoms with Gasteiger partial charge in [-0.25, -0.2) is 0 Å². The molecule has 3 aliphatic rings. The van der Waals surface area contributed by atoms with E-state index in [4.69, 9.17) is 16.3 Å². The molecule has 6 nitrogen and oxygen atoms in total. The summed E-state index contributed by atoms with van der Waals surface area (Å²) < 4.78 is 5.74. The number of likely N-dealkylation sites (tertiary alicyclic amines) is 1. The summed E-state index contributed by atoms with van der Waals surface area (Å²) in [6.45, 7) is 6.16. The molecular formula is C23H26ClN3O3. The molecule has 5 rings (SSSR count). The Hall–Kier alpha value is -2.12. The Morgan fingerprint density at radius 1 is 1.13 bits per heavy atom. The maximum Gasteiger partial charge on any atom is 0.253 e. The average Bonchev–Trinajstić information content (AvgIpc) is 2.74. The van der Waals surface area contributed by atoms with Crippen molar-refractivity contribution in [3.05, 3.63) is 64.7 Å². The number of nitrogens with zero attached hydrogens (tertiary/aromatic N) is 3. The molecule has 7 heteroatoms. The Morgan fingerprint density at radius 2 is 1.90 bits per heavy atom. The molecule has 1 unspecified atom stereocenters. The third kappa shape index (κ3) is 3.58. The SMILES string of the molecule is O=C(c1ccc(Cl)cc1)N1CC2COCCN2C2(CN(Cc3ccccc3O)C2)C1. The molecule has 158 valence electrons. The van der Waals surface area contributed by atoms with Crippen LogP contribution >= 0.6 is 11.6 Å². The van der Waals surface area contributed by atoms with E-state index in [2.05, 4.69) is 9.80 Å². The fraction of sp³-hybridized carbons (Fsp3) is 0.435. The average molecular weight is 428 g/mol. The molecule has 1 atom stereocenters. The molecule has 3 saturated heterocycles. The zero-order valence-corrected chi connectivity index (χ0v) is 17.6. The summed E-state index contributed by atoms with van der Waals surface area (Å²) >= 11 is 5.99. The number of morpholine rings is 1. The number of aromatic hydroxyl groups is 1. The van der Waals surface area contributed by atoms with Gasteiger partial charge in [-0.3, -0.25) is 14.6 Å². The molecule has 0 saturated carbocycles. The van der Waals surface area contributed by atoms with Crippen molar-refractivity contribution in [1.29, 1.82) is 0 Å². The quantitative estimate of drug-likeness (QED) is 0.815. The van der Waals surface area contributed by atoms with Crippen LogP contribution in [-0.2, 0) is 11.3 Å². The second-order valence-electron chi connectivity index (χ2n) is 8.61. The molecular weight excluding hydrogens is 402 g/mol. The van der Waals surface area contributed by atoms with Crippen molar-refractivity contribution in [2.24, 2.45) is 0 Å². The lowest BCUT2D eigenvalue weighted by atomic mass is 9.82. The summed E-state index contributed by atoms with van der Waals surface area (Å²) in [5, 5.41) is 10.7. The Kier molecular flexibility index (Phi) is 5.19. The van der Waals surface area contributed by atoms with Crippen molar-refractivity contribution < 1.29 is 14.6 Å². The van der Waals surface area contributed by atoms with Gasteiger partial charge in [-0.05, 0) is 30.3 Å². The smallest absolute Gasteiger partial charge is 0.253 e. The van der Waals surface area contributed by atoms with E-state index in [1.807, 2.05) is 23.1 Å². The van der Waals surface area contributed by atoms with E-state index in [0.717, 1.165) is 31.8 Å². The second kappa shape index (κ2) is 7.85. The fourth-order valence-corrected chi connectivity index (χ4v) is 5.32. The van der Waals surface area contributed by atoms with Gasteiger partial charge in [0.25, 0.3) is 5.91 Å². The number of rotatable bonds is 3. The van der Waals surface area contributed by atoms with E-state index in [1.165, 1.54) is 0 Å². The maximum absolute atomic E-state index is 13.2. The standard InChI is InChI=1S/C23H26ClN3O3/c24-19-7-5-17(6-8-19)22(29)26-12-20-13-30-10-9-27(20)23(16-26)14-25(15-23)11-18-3-1-2-4-21(18)28/h1-8,20,28H,9-16H2. The highest BCUT2D eigenvalue weighted by Crippen LogP contribution is 2.37. The van der Waals surface area contributed by atoms with Crippen molar-refractivity contribution in [1.82, 2.24) is 14.7 Å². The van der Waals surface area contributed by atoms with Crippen molar-refractivity contribution in [3.8, 4) is 5.75 Å². The summed E-state index contributed by atoms with van der Waals surface area (Å²) in [6, 6.07) is 14.8. The number of piperazine rings is 1. The van der Waals surface area contributed by atoms with Gasteiger partial charge in [-0.1, -0.05) is 29.8 Å². The first-order valence-electron chi connectivity index (χ1n) is 10.4. The number of phenols is 1. The van der Waals surface area contributed by atoms with Gasteiger partial charge in [0.05, 0.1) is 24.8 Å². The van der Waals surface area contributed by atoms with Crippen LogP contribution in [0.3, 0.4) is 0 Å². The maximum atomic E-state index is 13.2. The predicted octanol–water partition coefficient (Wildman–Crippen LogP) is 2.46. The number of amides is 1. The molecule has 0 radical (unpaired) electrons. The Balaban J connectivity index is 1.33. The normalized spacial score (nSPS) is 23.8. The largest absolute Gasteiger partial charge is 0.508 e. The molecule has 2 aromatic carbocycles. The van der Waals surface area contributed by atoms with Crippen molar-refractivity contribution >= 4 is 17.5 Å². The van der Waals surface area contributed by atoms with Gasteiger partial charge in [0.1, 0.15) is 5.75 Å². The molecule has 2 aromatic rings. The Bertz CT molecular complexity index is 930. The first kappa shape index (κ1) is 19.8. The topological polar surface area (TPSA) is 56.2 Å². The monoisotopic (exact) mass is 427 g/mol. The minimum absolute atomic E-state index is 0.0513. The lowest BCUT2D eigenvalue weighted by Crippen LogP contribution is -2.80. The third-order valence-corrected chi connectivity index (χ3v) is 6.80. The summed E-state index contributed by atoms with van der Waals surface area (Å²) in [5.74, 6) is 0.390. The summed E-state index contributed by atoms with van der Waals surface area (Å²) in [4.78, 5) is 20.1. The van der Waals surface area contributed by atoms with Crippen LogP contribution in [0, 0.1) is 0 Å². The Labute approximate surface area is 181 Å². The summed E-state index contributed by atoms with van der Waals surface area (Å²) in [7, 11) is 0. The number of para-hydroxylation sites is 1. The first-order chi connectivity index (χ1) is 14.5. The van der Waals surface area contributed by atoms with Crippen molar-refractivity contribution in [3.63, 3.8) is 0 Å². The van der Waals surface area contributed by atoms with Crippen molar-refractivity contribution in [2.45, 2.75) is 18.1 Å². The molecule has 3 aliphatic heterocycles. The summed E-state index contributed by atoms with van der Waals surface area (Å²) in [6.07, 6.45) is 0. The number of halogens is 1. The molecule has 0 bridgehead atoms. The Morgan fingerprint density at radius 3 is 2.67 bits per heavy atom. The zero-order valence-electron chi connectivity index (χ0n) is 16.8. The van der Waals surface area contributed by atoms with E-state index >= 15 is 0 Å². The lowest BCUT2D eigenvalue weighted by molar-refractivity contribution is -0.160. The number of hydrogen-bond acceptors (Lipinski definition) is 5. The van der Waals surface area contributed by atoms with Crippen LogP contribution < -0.4 is 0 Å². The summed E-state index contributed by atoms with van der Waals surface area (Å²) in [5.41, 5.74) is 1.56. The van der Waals surface area contributed by atoms with Crippen LogP contribution in [0.25, 0.3) is 0 Å². The minimum atomic E-state index is -0.0564. The highest BCUT2D eigenvalue weighted by molar-refractivity contribution is 6.30. The second-order valence-corrected chi connectivity index (χ2v) is 9.05. The number of hydrogen-bond donors (Lipinski definition) is 1. The molecule has 3 fully saturated rings. The number of ether oxygens (including phenoxy) is 1. The number of carbonyl (C=O) groups excluding carboxylic acids is 1. The fourth-order valence-electron chi connectivity index (χ4n) is 5.19. The molecule has 30 heavy (non-hydrogen) atoms. The molecule has 0 aromatic heterocycles. The highest BCUT2D eigenvalue weighted by atomic mass is 35.5. The van der Waals surface area contributed by atoms with E-state index in [1.54, 1.807) is 30.3 Å². The number of benzene rings is 2. The van der Waals surface area contributed by atoms with Gasteiger partial charge in [-0.2, -0.15) is 0 Å². The zero-order chi connectivity index (χ0) is 20.7. The van der Waals surface area contributed by atoms with Crippen LogP contribution in [0.15, 0.2) is 48.5 Å². The van der Waals surface area contributed by atoms with Gasteiger partial charge in [0, 0.05) is 55.4 Å². The number of fused-ring (bicyclic) bond motifs is 2. The van der Waals surface area contributed by atoms with E-state index in [-0.39, 0.29) is 17.5 Å². The lowest BCUT2D eigenvalue weighted by Gasteiger charge is -2.63. The van der Waals surface area contributed by atoms with Crippen LogP contribution in [0.4, 0.5) is 0 Å². The van der Waals surface area contributed by atoms with Crippen LogP contribution in [0.2, 0.25) is 5.02 Å². The van der Waals surface area contributed by atoms with Gasteiger partial charge in [-0.15, -0.1) is 0 Å². The third-order valence-electron chi connectivity index (χ3n) is 6.55. The highest BCUT2D eigenvalue weighted by Gasteiger charge is 2.54. The van der Waals surface area contributed by atoms with E-state index in [0.29, 0.717) is 42.6 Å². The van der Waals surface area contributed by atoms with Gasteiger partial charge in [0.15, 0.2) is 0 Å². The molecule has 1 spiro atoms. The number of phenolic OH excluding ortho intramolecular Hbond substituents is 1. The van der Waals surface area contributed by atoms with Crippen molar-refractivity contribution in [2.75, 3.05) is 45.9 Å². The van der Waals surface area contributed by atoms with E-state index < -0.39 is 0 Å². The van der Waals surface area contributed by atoms with Gasteiger partial charge < -0.3 is 14.7 Å². The molecule has 1 N–H and O–H groups in total. The van der Waals surface area contributed by atoms with Crippen LogP contribution in [0.1, 0.15) is 15.9 Å².